The van der Waals surface area contributed by atoms with Gasteiger partial charge >= 0.3 is 11.8 Å². The smallest absolute Gasteiger partial charge is 0.329 e. The van der Waals surface area contributed by atoms with Gasteiger partial charge in [-0.3, -0.25) is 9.59 Å². The first-order valence-electron chi connectivity index (χ1n) is 10.5. The average Bonchev–Trinajstić information content (AvgIpc) is 2.85. The maximum absolute atomic E-state index is 12.1. The molecule has 8 nitrogen and oxygen atoms in total. The van der Waals surface area contributed by atoms with Gasteiger partial charge in [-0.15, -0.1) is 0 Å². The van der Waals surface area contributed by atoms with E-state index < -0.39 is 11.8 Å². The van der Waals surface area contributed by atoms with Crippen molar-refractivity contribution in [3.63, 3.8) is 0 Å². The van der Waals surface area contributed by atoms with Crippen LogP contribution in [0.5, 0.6) is 17.2 Å². The number of nitrogens with zero attached hydrogens (tertiary/aromatic N) is 1. The summed E-state index contributed by atoms with van der Waals surface area (Å²) < 4.78 is 17.4. The molecule has 0 unspecified atom stereocenters. The third kappa shape index (κ3) is 7.73. The van der Waals surface area contributed by atoms with Crippen molar-refractivity contribution in [3.8, 4) is 17.2 Å². The molecule has 2 amide bonds. The zero-order valence-corrected chi connectivity index (χ0v) is 21.4. The van der Waals surface area contributed by atoms with Crippen LogP contribution in [0, 0.1) is 0 Å². The highest BCUT2D eigenvalue weighted by molar-refractivity contribution is 9.10. The van der Waals surface area contributed by atoms with Crippen LogP contribution in [0.3, 0.4) is 0 Å². The molecule has 3 aromatic rings. The Morgan fingerprint density at radius 2 is 1.74 bits per heavy atom. The standard InChI is InChI=1S/C25H23BrClN3O5/c1-3-34-22-13-17(12-21(26)23(22)35-15-16-4-6-18(27)7-5-16)14-28-30-25(32)24(31)29-19-8-10-20(33-2)11-9-19/h4-14H,3,15H2,1-2H3,(H,29,31)(H,30,32). The number of anilines is 1. The van der Waals surface area contributed by atoms with Gasteiger partial charge in [0, 0.05) is 10.7 Å². The van der Waals surface area contributed by atoms with Crippen molar-refractivity contribution in [1.82, 2.24) is 5.43 Å². The van der Waals surface area contributed by atoms with E-state index in [-0.39, 0.29) is 0 Å². The Morgan fingerprint density at radius 3 is 2.40 bits per heavy atom. The number of hydrogen-bond acceptors (Lipinski definition) is 6. The number of nitrogens with one attached hydrogen (secondary N) is 2. The van der Waals surface area contributed by atoms with Crippen LogP contribution in [0.2, 0.25) is 5.02 Å². The van der Waals surface area contributed by atoms with Crippen molar-refractivity contribution in [2.45, 2.75) is 13.5 Å². The van der Waals surface area contributed by atoms with E-state index in [0.717, 1.165) is 5.56 Å². The van der Waals surface area contributed by atoms with E-state index in [2.05, 4.69) is 31.8 Å². The van der Waals surface area contributed by atoms with Crippen molar-refractivity contribution in [2.24, 2.45) is 5.10 Å². The van der Waals surface area contributed by atoms with E-state index in [1.54, 1.807) is 48.5 Å². The fourth-order valence-corrected chi connectivity index (χ4v) is 3.58. The Balaban J connectivity index is 1.62. The maximum Gasteiger partial charge on any atom is 0.329 e. The molecular formula is C25H23BrClN3O5. The fraction of sp³-hybridized carbons (Fsp3) is 0.160. The zero-order valence-electron chi connectivity index (χ0n) is 19.0. The molecule has 182 valence electrons. The lowest BCUT2D eigenvalue weighted by Gasteiger charge is -2.14. The van der Waals surface area contributed by atoms with Gasteiger partial charge in [0.05, 0.1) is 24.4 Å². The first kappa shape index (κ1) is 26.1. The van der Waals surface area contributed by atoms with Gasteiger partial charge in [-0.05, 0) is 82.5 Å². The van der Waals surface area contributed by atoms with Gasteiger partial charge in [0.15, 0.2) is 11.5 Å². The molecule has 0 radical (unpaired) electrons. The zero-order chi connectivity index (χ0) is 25.2. The molecule has 0 bridgehead atoms. The first-order chi connectivity index (χ1) is 16.9. The monoisotopic (exact) mass is 559 g/mol. The van der Waals surface area contributed by atoms with E-state index >= 15 is 0 Å². The largest absolute Gasteiger partial charge is 0.497 e. The second-order valence-corrected chi connectivity index (χ2v) is 8.35. The van der Waals surface area contributed by atoms with Crippen LogP contribution < -0.4 is 25.0 Å². The van der Waals surface area contributed by atoms with Crippen LogP contribution in [0.1, 0.15) is 18.1 Å². The third-order valence-corrected chi connectivity index (χ3v) is 5.40. The Hall–Kier alpha value is -3.56. The van der Waals surface area contributed by atoms with Crippen LogP contribution >= 0.6 is 27.5 Å². The second kappa shape index (κ2) is 12.8. The Morgan fingerprint density at radius 1 is 1.03 bits per heavy atom. The number of amides is 2. The number of rotatable bonds is 9. The topological polar surface area (TPSA) is 98.2 Å². The third-order valence-electron chi connectivity index (χ3n) is 4.56. The Bertz CT molecular complexity index is 1200. The molecule has 0 aliphatic rings. The minimum absolute atomic E-state index is 0.322. The number of carbonyl (C=O) groups is 2. The van der Waals surface area contributed by atoms with Gasteiger partial charge in [0.1, 0.15) is 12.4 Å². The summed E-state index contributed by atoms with van der Waals surface area (Å²) in [5, 5.41) is 7.00. The predicted molar refractivity (Wildman–Crippen MR) is 138 cm³/mol. The minimum Gasteiger partial charge on any atom is -0.497 e. The normalized spacial score (nSPS) is 10.6. The number of ether oxygens (including phenoxy) is 3. The molecule has 3 rings (SSSR count). The summed E-state index contributed by atoms with van der Waals surface area (Å²) >= 11 is 9.43. The summed E-state index contributed by atoms with van der Waals surface area (Å²) in [5.74, 6) is -0.0997. The van der Waals surface area contributed by atoms with Crippen LogP contribution in [-0.2, 0) is 16.2 Å². The summed E-state index contributed by atoms with van der Waals surface area (Å²) in [4.78, 5) is 24.1. The first-order valence-corrected chi connectivity index (χ1v) is 11.7. The van der Waals surface area contributed by atoms with Gasteiger partial charge in [-0.25, -0.2) is 5.43 Å². The molecule has 35 heavy (non-hydrogen) atoms. The van der Waals surface area contributed by atoms with Crippen molar-refractivity contribution in [2.75, 3.05) is 19.0 Å². The fourth-order valence-electron chi connectivity index (χ4n) is 2.88. The molecule has 0 saturated heterocycles. The molecule has 3 aromatic carbocycles. The van der Waals surface area contributed by atoms with Crippen LogP contribution in [0.4, 0.5) is 5.69 Å². The summed E-state index contributed by atoms with van der Waals surface area (Å²) in [6.07, 6.45) is 1.40. The van der Waals surface area contributed by atoms with Gasteiger partial charge in [-0.2, -0.15) is 5.10 Å². The number of methoxy groups -OCH3 is 1. The highest BCUT2D eigenvalue weighted by atomic mass is 79.9. The van der Waals surface area contributed by atoms with Crippen LogP contribution in [0.25, 0.3) is 0 Å². The molecular weight excluding hydrogens is 538 g/mol. The van der Waals surface area contributed by atoms with Gasteiger partial charge in [0.2, 0.25) is 0 Å². The molecule has 2 N–H and O–H groups in total. The summed E-state index contributed by atoms with van der Waals surface area (Å²) in [6.45, 7) is 2.61. The van der Waals surface area contributed by atoms with E-state index in [1.807, 2.05) is 19.1 Å². The molecule has 0 saturated carbocycles. The molecule has 10 heteroatoms. The van der Waals surface area contributed by atoms with Crippen molar-refractivity contribution in [3.05, 3.63) is 81.3 Å². The predicted octanol–water partition coefficient (Wildman–Crippen LogP) is 5.18. The average molecular weight is 561 g/mol. The lowest BCUT2D eigenvalue weighted by atomic mass is 10.2. The number of hydrazone groups is 1. The number of hydrogen-bond donors (Lipinski definition) is 2. The number of benzene rings is 3. The van der Waals surface area contributed by atoms with Crippen molar-refractivity contribution >= 4 is 51.2 Å². The highest BCUT2D eigenvalue weighted by Crippen LogP contribution is 2.37. The number of halogens is 2. The maximum atomic E-state index is 12.1. The van der Waals surface area contributed by atoms with E-state index in [9.17, 15) is 9.59 Å². The lowest BCUT2D eigenvalue weighted by Crippen LogP contribution is -2.32. The van der Waals surface area contributed by atoms with Gasteiger partial charge < -0.3 is 19.5 Å². The molecule has 0 heterocycles. The molecule has 0 atom stereocenters. The molecule has 0 fully saturated rings. The molecule has 0 aliphatic heterocycles. The Labute approximate surface area is 216 Å². The van der Waals surface area contributed by atoms with E-state index in [0.29, 0.717) is 51.2 Å². The summed E-state index contributed by atoms with van der Waals surface area (Å²) in [7, 11) is 1.54. The SMILES string of the molecule is CCOc1cc(C=NNC(=O)C(=O)Nc2ccc(OC)cc2)cc(Br)c1OCc1ccc(Cl)cc1. The summed E-state index contributed by atoms with van der Waals surface area (Å²) in [5.41, 5.74) is 4.23. The van der Waals surface area contributed by atoms with E-state index in [4.69, 9.17) is 25.8 Å². The van der Waals surface area contributed by atoms with Crippen LogP contribution in [0.15, 0.2) is 70.2 Å². The minimum atomic E-state index is -0.913. The van der Waals surface area contributed by atoms with Crippen molar-refractivity contribution < 1.29 is 23.8 Å². The molecule has 0 aliphatic carbocycles. The molecule has 0 aromatic heterocycles. The highest BCUT2D eigenvalue weighted by Gasteiger charge is 2.14. The van der Waals surface area contributed by atoms with Crippen LogP contribution in [-0.4, -0.2) is 31.7 Å². The van der Waals surface area contributed by atoms with E-state index in [1.165, 1.54) is 13.3 Å². The quantitative estimate of drug-likeness (QED) is 0.214. The molecule has 0 spiro atoms. The van der Waals surface area contributed by atoms with Gasteiger partial charge in [-0.1, -0.05) is 23.7 Å². The summed E-state index contributed by atoms with van der Waals surface area (Å²) in [6, 6.07) is 17.4. The second-order valence-electron chi connectivity index (χ2n) is 7.06. The van der Waals surface area contributed by atoms with Crippen molar-refractivity contribution in [1.29, 1.82) is 0 Å². The Kier molecular flexibility index (Phi) is 9.51. The van der Waals surface area contributed by atoms with Gasteiger partial charge in [0.25, 0.3) is 0 Å². The lowest BCUT2D eigenvalue weighted by molar-refractivity contribution is -0.136. The number of carbonyl (C=O) groups excluding carboxylic acids is 2.